The highest BCUT2D eigenvalue weighted by Crippen LogP contribution is 2.42. The summed E-state index contributed by atoms with van der Waals surface area (Å²) in [6.45, 7) is 2.69. The molecule has 4 aromatic rings. The standard InChI is InChI=1S/C91H133IN17O32P/c92-64-24-22-62(23-25-64)13-10-21-73(110)93-36-9-7-17-69(89(129)130)100-87(126)67(26-29-74(111)94-35-8-1-2-20-76(113)99-70(90(131)132)27-30-77(114)98-68(88(127)128)18-11-48-141-142(135,136)102-71(91(133)134)28-33-81(118)119)97-78(115)34-49-137-51-53-139-55-56-140-54-52-138-50-38-96-75(112)31-32-80(117)108-57-63-14-3-4-15-65(63)86-85(66-16-5-6-19-72(66)108)101-103-109(86)39-12-37-95-79(116)58-104-40-42-105(59-82(120)121)44-46-107(61-84(124)125)47-45-106(43-41-104)60-83(122)123/h3-6,14-16,19,22-25,67-71H,1-2,7-13,17-18,20-21,26-61H2,(H,93,110)(H,94,111)(H,95,116)(H,96,112)(H,97,115)(H,98,114)(H,99,113)(H,100,126)(H,118,119)(H,120,121)(H,122,123)(H,124,125)(H,127,128)(H,129,130)(H,131,132)(H,133,134)(H2,102,135,136)/t67?,68-,69?,70-,71?/m0/s1. The van der Waals surface area contributed by atoms with Gasteiger partial charge in [0.25, 0.3) is 0 Å². The first-order valence-corrected chi connectivity index (χ1v) is 49.7. The molecule has 2 aliphatic heterocycles. The number of halogens is 1. The molecule has 18 N–H and O–H groups in total. The van der Waals surface area contributed by atoms with E-state index in [1.807, 2.05) is 76.7 Å². The molecule has 142 heavy (non-hydrogen) atoms. The van der Waals surface area contributed by atoms with Gasteiger partial charge in [-0.2, -0.15) is 0 Å². The number of nitrogens with zero attached hydrogens (tertiary/aromatic N) is 8. The Balaban J connectivity index is 0.866. The Morgan fingerprint density at radius 3 is 1.42 bits per heavy atom. The summed E-state index contributed by atoms with van der Waals surface area (Å²) in [7, 11) is -4.81. The Kier molecular flexibility index (Phi) is 55.5. The second-order valence-electron chi connectivity index (χ2n) is 33.7. The molecule has 3 heterocycles. The van der Waals surface area contributed by atoms with Gasteiger partial charge in [-0.15, -0.1) is 5.10 Å². The van der Waals surface area contributed by atoms with Gasteiger partial charge in [0.2, 0.25) is 53.2 Å². The molecule has 0 spiro atoms. The normalized spacial score (nSPS) is 14.7. The molecule has 0 aliphatic carbocycles. The molecular weight excluding hydrogens is 2000 g/mol. The molecule has 0 radical (unpaired) electrons. The molecule has 6 atom stereocenters. The fraction of sp³-hybridized carbons (Fsp3) is 0.593. The molecule has 786 valence electrons. The van der Waals surface area contributed by atoms with Crippen molar-refractivity contribution in [2.45, 2.75) is 185 Å². The smallest absolute Gasteiger partial charge is 0.403 e. The van der Waals surface area contributed by atoms with Gasteiger partial charge in [-0.25, -0.2) is 28.7 Å². The van der Waals surface area contributed by atoms with E-state index in [-0.39, 0.29) is 258 Å². The summed E-state index contributed by atoms with van der Waals surface area (Å²) in [5.74, 6) is -15.4. The number of aryl methyl sites for hydroxylation is 2. The molecule has 1 aromatic heterocycles. The lowest BCUT2D eigenvalue weighted by Crippen LogP contribution is -2.52. The average Bonchev–Trinajstić information content (AvgIpc) is 1.55. The third-order valence-electron chi connectivity index (χ3n) is 22.5. The molecule has 1 fully saturated rings. The van der Waals surface area contributed by atoms with Gasteiger partial charge in [-0.1, -0.05) is 66.2 Å². The van der Waals surface area contributed by atoms with Crippen LogP contribution in [-0.2, 0) is 129 Å². The molecule has 49 nitrogen and oxygen atoms in total. The maximum absolute atomic E-state index is 14.3. The molecule has 2 aliphatic rings. The summed E-state index contributed by atoms with van der Waals surface area (Å²) >= 11 is 2.21. The van der Waals surface area contributed by atoms with E-state index in [0.717, 1.165) is 20.3 Å². The Bertz CT molecular complexity index is 4800. The van der Waals surface area contributed by atoms with E-state index >= 15 is 0 Å². The number of carboxylic acids is 8. The number of hydrogen-bond donors (Lipinski definition) is 18. The second kappa shape index (κ2) is 66.2. The Labute approximate surface area is 833 Å². The van der Waals surface area contributed by atoms with Crippen molar-refractivity contribution in [2.75, 3.05) is 169 Å². The number of hydrogen-bond acceptors (Lipinski definition) is 29. The minimum absolute atomic E-state index is 0.0315. The quantitative estimate of drug-likeness (QED) is 0.0166. The van der Waals surface area contributed by atoms with Gasteiger partial charge in [0.05, 0.1) is 104 Å². The number of ether oxygens (including phenoxy) is 4. The Morgan fingerprint density at radius 2 is 0.838 bits per heavy atom. The van der Waals surface area contributed by atoms with E-state index in [2.05, 4.69) is 75.4 Å². The first-order chi connectivity index (χ1) is 67.9. The van der Waals surface area contributed by atoms with Gasteiger partial charge >= 0.3 is 55.5 Å². The van der Waals surface area contributed by atoms with Crippen molar-refractivity contribution < 1.29 is 155 Å². The molecular formula is C91H133IN17O32P. The number of carbonyl (C=O) groups excluding carboxylic acids is 9. The fourth-order valence-electron chi connectivity index (χ4n) is 15.0. The van der Waals surface area contributed by atoms with Crippen molar-refractivity contribution in [2.24, 2.45) is 0 Å². The van der Waals surface area contributed by atoms with Gasteiger partial charge < -0.3 is 112 Å². The van der Waals surface area contributed by atoms with Gasteiger partial charge in [0, 0.05) is 151 Å². The maximum Gasteiger partial charge on any atom is 0.403 e. The summed E-state index contributed by atoms with van der Waals surface area (Å²) in [6.07, 6.45) is -0.438. The van der Waals surface area contributed by atoms with Crippen LogP contribution in [0.5, 0.6) is 0 Å². The minimum atomic E-state index is -4.81. The van der Waals surface area contributed by atoms with Gasteiger partial charge in [-0.3, -0.25) is 91.2 Å². The Hall–Kier alpha value is -11.7. The van der Waals surface area contributed by atoms with Crippen molar-refractivity contribution in [3.63, 3.8) is 0 Å². The molecule has 6 rings (SSSR count). The fourth-order valence-corrected chi connectivity index (χ4v) is 16.5. The highest BCUT2D eigenvalue weighted by molar-refractivity contribution is 14.1. The predicted molar refractivity (Wildman–Crippen MR) is 514 cm³/mol. The van der Waals surface area contributed by atoms with E-state index in [0.29, 0.717) is 74.1 Å². The zero-order valence-electron chi connectivity index (χ0n) is 79.3. The number of carboxylic acid groups (broad SMARTS) is 8. The monoisotopic (exact) mass is 2130 g/mol. The first-order valence-electron chi connectivity index (χ1n) is 47.1. The highest BCUT2D eigenvalue weighted by Gasteiger charge is 2.35. The van der Waals surface area contributed by atoms with Crippen molar-refractivity contribution in [3.05, 3.63) is 87.5 Å². The van der Waals surface area contributed by atoms with Crippen molar-refractivity contribution >= 4 is 137 Å². The lowest BCUT2D eigenvalue weighted by atomic mass is 9.95. The predicted octanol–water partition coefficient (Wildman–Crippen LogP) is 0.942. The van der Waals surface area contributed by atoms with Crippen LogP contribution in [0, 0.1) is 3.57 Å². The Morgan fingerprint density at radius 1 is 0.387 bits per heavy atom. The second-order valence-corrected chi connectivity index (χ2v) is 36.5. The third kappa shape index (κ3) is 48.9. The number of unbranched alkanes of at least 4 members (excludes halogenated alkanes) is 3. The zero-order chi connectivity index (χ0) is 104. The van der Waals surface area contributed by atoms with Crippen LogP contribution in [0.3, 0.4) is 0 Å². The van der Waals surface area contributed by atoms with E-state index in [1.165, 1.54) is 0 Å². The van der Waals surface area contributed by atoms with Crippen molar-refractivity contribution in [3.8, 4) is 22.5 Å². The average molecular weight is 2140 g/mol. The number of rotatable bonds is 70. The van der Waals surface area contributed by atoms with Crippen LogP contribution < -0.4 is 52.5 Å². The number of anilines is 1. The van der Waals surface area contributed by atoms with Crippen LogP contribution in [0.2, 0.25) is 0 Å². The summed E-state index contributed by atoms with van der Waals surface area (Å²) < 4.78 is 42.4. The first kappa shape index (κ1) is 119. The van der Waals surface area contributed by atoms with Crippen LogP contribution in [0.4, 0.5) is 5.69 Å². The largest absolute Gasteiger partial charge is 0.481 e. The van der Waals surface area contributed by atoms with Gasteiger partial charge in [0.1, 0.15) is 35.9 Å². The van der Waals surface area contributed by atoms with Crippen LogP contribution in [-0.4, -0.2) is 376 Å². The van der Waals surface area contributed by atoms with E-state index in [1.54, 1.807) is 30.3 Å². The third-order valence-corrected chi connectivity index (χ3v) is 24.4. The molecule has 0 bridgehead atoms. The zero-order valence-corrected chi connectivity index (χ0v) is 82.3. The highest BCUT2D eigenvalue weighted by atomic mass is 127. The topological polar surface area (TPSA) is 691 Å². The SMILES string of the molecule is O=C(O)CCC(NP(=O)(O)OCCC[C@H](NC(=O)CC[C@H](NC(=O)CCCCCNC(=O)CCC(NC(=O)CCOCCOCCOCCOCCNC(=O)CCC(=O)N1Cc2ccccc2-c2c(nnn2CCCNC(=O)CN2CCN(CC(=O)O)CCN(CC(=O)O)CCN(CC(=O)O)CC2)-c2ccccc21)C(=O)NC(CCCCNC(=O)CCCc1ccc(I)cc1)C(=O)O)C(=O)O)C(=O)O)C(=O)O. The van der Waals surface area contributed by atoms with Crippen molar-refractivity contribution in [1.82, 2.24) is 82.2 Å². The number of carbonyl (C=O) groups is 17. The summed E-state index contributed by atoms with van der Waals surface area (Å²) in [5, 5.41) is 108. The molecule has 9 amide bonds. The lowest BCUT2D eigenvalue weighted by Gasteiger charge is -2.32. The van der Waals surface area contributed by atoms with Crippen molar-refractivity contribution in [1.29, 1.82) is 0 Å². The van der Waals surface area contributed by atoms with Gasteiger partial charge in [-0.05, 0) is 135 Å². The number of para-hydroxylation sites is 1. The summed E-state index contributed by atoms with van der Waals surface area (Å²) in [4.78, 5) is 232. The minimum Gasteiger partial charge on any atom is -0.481 e. The van der Waals surface area contributed by atoms with E-state index in [9.17, 15) is 127 Å². The van der Waals surface area contributed by atoms with Crippen LogP contribution in [0.25, 0.3) is 22.5 Å². The molecule has 4 unspecified atom stereocenters. The number of fused-ring (bicyclic) bond motifs is 5. The molecule has 0 saturated carbocycles. The van der Waals surface area contributed by atoms with Crippen LogP contribution in [0.1, 0.15) is 146 Å². The maximum atomic E-state index is 14.3. The number of nitrogens with one attached hydrogen (secondary N) is 9. The molecule has 3 aromatic carbocycles. The lowest BCUT2D eigenvalue weighted by molar-refractivity contribution is -0.143. The van der Waals surface area contributed by atoms with E-state index < -0.39 is 148 Å². The number of benzene rings is 3. The van der Waals surface area contributed by atoms with Crippen LogP contribution in [0.15, 0.2) is 72.8 Å². The van der Waals surface area contributed by atoms with Crippen LogP contribution >= 0.6 is 30.3 Å². The molecule has 51 heteroatoms. The number of aliphatic carboxylic acids is 8. The summed E-state index contributed by atoms with van der Waals surface area (Å²) in [6, 6.07) is 15.1. The van der Waals surface area contributed by atoms with Gasteiger partial charge in [0.15, 0.2) is 0 Å². The molecule has 1 saturated heterocycles. The number of aromatic nitrogens is 3. The number of amides is 9. The van der Waals surface area contributed by atoms with E-state index in [4.69, 9.17) is 28.6 Å². The summed E-state index contributed by atoms with van der Waals surface area (Å²) in [5.41, 5.74) is 5.10.